The normalized spacial score (nSPS) is 34.2. The number of ether oxygens (including phenoxy) is 2. The third-order valence-corrected chi connectivity index (χ3v) is 19.3. The first kappa shape index (κ1) is 44.4. The van der Waals surface area contributed by atoms with Crippen LogP contribution in [0.25, 0.3) is 16.7 Å². The summed E-state index contributed by atoms with van der Waals surface area (Å²) in [6.07, 6.45) is 22.1. The van der Waals surface area contributed by atoms with Crippen molar-refractivity contribution in [2.75, 3.05) is 13.6 Å². The molecule has 8 heteroatoms. The lowest BCUT2D eigenvalue weighted by Crippen LogP contribution is -2.52. The van der Waals surface area contributed by atoms with E-state index in [4.69, 9.17) is 9.47 Å². The molecule has 3 aromatic carbocycles. The van der Waals surface area contributed by atoms with Crippen LogP contribution in [0, 0.1) is 46.3 Å². The zero-order valence-electron chi connectivity index (χ0n) is 40.3. The first-order chi connectivity index (χ1) is 33.3. The van der Waals surface area contributed by atoms with Crippen molar-refractivity contribution in [3.05, 3.63) is 129 Å². The van der Waals surface area contributed by atoms with Crippen molar-refractivity contribution in [1.82, 2.24) is 16.0 Å². The molecule has 2 bridgehead atoms. The first-order valence-corrected chi connectivity index (χ1v) is 26.7. The highest BCUT2D eigenvalue weighted by Gasteiger charge is 2.69. The molecule has 3 aliphatic heterocycles. The minimum absolute atomic E-state index is 0.0126. The summed E-state index contributed by atoms with van der Waals surface area (Å²) >= 11 is 0. The van der Waals surface area contributed by atoms with Gasteiger partial charge in [0.1, 0.15) is 17.3 Å². The first-order valence-electron chi connectivity index (χ1n) is 26.7. The molecular weight excluding hydrogens is 843 g/mol. The number of benzene rings is 3. The number of rotatable bonds is 11. The van der Waals surface area contributed by atoms with Crippen molar-refractivity contribution in [2.45, 2.75) is 141 Å². The molecule has 2 saturated heterocycles. The predicted molar refractivity (Wildman–Crippen MR) is 266 cm³/mol. The Kier molecular flexibility index (Phi) is 11.7. The van der Waals surface area contributed by atoms with E-state index >= 15 is 9.59 Å². The Bertz CT molecular complexity index is 2620. The van der Waals surface area contributed by atoms with Crippen molar-refractivity contribution < 1.29 is 24.2 Å². The fraction of sp³-hybridized carbons (Fsp3) is 0.533. The molecule has 0 aromatic heterocycles. The number of piperidine rings is 1. The summed E-state index contributed by atoms with van der Waals surface area (Å²) in [5.74, 6) is 2.69. The van der Waals surface area contributed by atoms with Gasteiger partial charge in [-0.3, -0.25) is 0 Å². The van der Waals surface area contributed by atoms with E-state index in [9.17, 15) is 5.11 Å². The Morgan fingerprint density at radius 3 is 2.51 bits per heavy atom. The van der Waals surface area contributed by atoms with Crippen LogP contribution in [-0.2, 0) is 32.0 Å². The number of phenolic OH excluding ortho intramolecular Hbond substituents is 1. The lowest BCUT2D eigenvalue weighted by molar-refractivity contribution is -0.135. The van der Waals surface area contributed by atoms with E-state index in [1.165, 1.54) is 74.5 Å². The van der Waals surface area contributed by atoms with E-state index in [0.29, 0.717) is 23.7 Å². The average molecular weight is 914 g/mol. The molecule has 3 heterocycles. The van der Waals surface area contributed by atoms with Gasteiger partial charge in [0.25, 0.3) is 0 Å². The number of cyclic esters (lactones) is 2. The van der Waals surface area contributed by atoms with Gasteiger partial charge >= 0.3 is 11.9 Å². The maximum Gasteiger partial charge on any atom is 0.340 e. The quantitative estimate of drug-likeness (QED) is 0.141. The summed E-state index contributed by atoms with van der Waals surface area (Å²) in [6, 6.07) is 25.7. The molecule has 10 aliphatic rings. The van der Waals surface area contributed by atoms with Crippen molar-refractivity contribution >= 4 is 17.5 Å². The van der Waals surface area contributed by atoms with Gasteiger partial charge in [-0.1, -0.05) is 80.8 Å². The number of fused-ring (bicyclic) bond motifs is 2. The molecule has 13 rings (SSSR count). The van der Waals surface area contributed by atoms with E-state index in [0.717, 1.165) is 122 Å². The topological polar surface area (TPSA) is 109 Å². The van der Waals surface area contributed by atoms with E-state index in [1.807, 2.05) is 12.1 Å². The van der Waals surface area contributed by atoms with Crippen molar-refractivity contribution in [1.29, 1.82) is 0 Å². The second-order valence-electron chi connectivity index (χ2n) is 22.4. The highest BCUT2D eigenvalue weighted by Crippen LogP contribution is 2.73. The number of allylic oxidation sites excluding steroid dienone is 5. The number of esters is 2. The van der Waals surface area contributed by atoms with Crippen LogP contribution in [0.5, 0.6) is 5.75 Å². The highest BCUT2D eigenvalue weighted by atomic mass is 16.6. The van der Waals surface area contributed by atoms with Crippen LogP contribution in [0.15, 0.2) is 113 Å². The lowest BCUT2D eigenvalue weighted by atomic mass is 9.44. The molecule has 0 amide bonds. The maximum atomic E-state index is 15.2. The van der Waals surface area contributed by atoms with Gasteiger partial charge in [0.15, 0.2) is 0 Å². The number of hydrogen-bond acceptors (Lipinski definition) is 8. The number of aromatic hydroxyl groups is 1. The van der Waals surface area contributed by atoms with Gasteiger partial charge in [0.2, 0.25) is 0 Å². The number of phenols is 1. The third kappa shape index (κ3) is 7.32. The Balaban J connectivity index is 0.992. The van der Waals surface area contributed by atoms with Crippen LogP contribution in [-0.4, -0.2) is 42.8 Å². The average Bonchev–Trinajstić information content (AvgIpc) is 4.19. The van der Waals surface area contributed by atoms with Gasteiger partial charge in [-0.25, -0.2) is 9.59 Å². The molecule has 4 N–H and O–H groups in total. The van der Waals surface area contributed by atoms with E-state index < -0.39 is 5.41 Å². The molecule has 7 aliphatic carbocycles. The molecule has 9 atom stereocenters. The minimum atomic E-state index is -0.826. The molecule has 1 spiro atoms. The van der Waals surface area contributed by atoms with E-state index in [1.54, 1.807) is 6.07 Å². The van der Waals surface area contributed by atoms with Crippen LogP contribution in [0.1, 0.15) is 133 Å². The van der Waals surface area contributed by atoms with Gasteiger partial charge in [0, 0.05) is 29.7 Å². The summed E-state index contributed by atoms with van der Waals surface area (Å²) in [6.45, 7) is 4.07. The zero-order valence-corrected chi connectivity index (χ0v) is 40.3. The van der Waals surface area contributed by atoms with Crippen LogP contribution >= 0.6 is 0 Å². The second-order valence-corrected chi connectivity index (χ2v) is 22.4. The van der Waals surface area contributed by atoms with E-state index in [-0.39, 0.29) is 46.8 Å². The predicted octanol–water partition coefficient (Wildman–Crippen LogP) is 11.6. The number of carbonyl (C=O) groups excluding carboxylic acids is 2. The summed E-state index contributed by atoms with van der Waals surface area (Å²) in [5, 5.41) is 22.4. The van der Waals surface area contributed by atoms with Crippen LogP contribution in [0.2, 0.25) is 0 Å². The minimum Gasteiger partial charge on any atom is -0.508 e. The number of hydrogen-bond donors (Lipinski definition) is 4. The van der Waals surface area contributed by atoms with Gasteiger partial charge in [-0.2, -0.15) is 0 Å². The summed E-state index contributed by atoms with van der Waals surface area (Å²) in [7, 11) is 2.08. The molecular formula is C60H71N3O5. The highest BCUT2D eigenvalue weighted by molar-refractivity contribution is 6.07. The van der Waals surface area contributed by atoms with Gasteiger partial charge in [0.05, 0.1) is 17.2 Å². The van der Waals surface area contributed by atoms with Gasteiger partial charge < -0.3 is 30.5 Å². The van der Waals surface area contributed by atoms with Crippen molar-refractivity contribution in [3.8, 4) is 16.9 Å². The maximum absolute atomic E-state index is 15.2. The largest absolute Gasteiger partial charge is 0.508 e. The Hall–Kier alpha value is -4.76. The van der Waals surface area contributed by atoms with Crippen LogP contribution in [0.3, 0.4) is 0 Å². The molecule has 3 aromatic rings. The standard InChI is InChI=1S/C60H71N3O5/c1-3-36(29-37-11-5-4-6-12-37)31-50-60-27-24-46(52(55(60)58(66)67-50)49-33-44(64)20-21-45(49)39-14-9-13-38(30-39)35-63-43-16-7-8-17-43)47-22-23-48-53(54(47)60)57(65)68-56(48)40-18-19-41-15-10-26-59(41,34-40)42-25-28-62-51(32-42)61-2/h4-6,9,11-14,20-21,30-31,33,36,41-43,46-47,51,54,61-64H,3,7-8,10,15-19,22-29,32,34-35H2,1-2H3. The second kappa shape index (κ2) is 17.9. The molecule has 0 radical (unpaired) electrons. The Labute approximate surface area is 403 Å². The summed E-state index contributed by atoms with van der Waals surface area (Å²) in [5.41, 5.74) is 9.94. The molecule has 68 heavy (non-hydrogen) atoms. The number of nitrogens with one attached hydrogen (secondary N) is 3. The monoisotopic (exact) mass is 914 g/mol. The van der Waals surface area contributed by atoms with Gasteiger partial charge in [-0.05, 0) is 208 Å². The fourth-order valence-electron chi connectivity index (χ4n) is 16.2. The fourth-order valence-corrected chi connectivity index (χ4v) is 16.2. The SMILES string of the molecule is CCC(C=C1OC(=O)C2=C(c3cc(O)ccc3-c3cccc(CNC4CCCC4)c3)C3CCC12C1C2=C(CCC31)C(=C1CCC3CCCC3(C3CCNC(NC)C3)C1)OC2=O)Cc1ccccc1. The zero-order chi connectivity index (χ0) is 46.1. The molecule has 6 fully saturated rings. The van der Waals surface area contributed by atoms with E-state index in [2.05, 4.69) is 90.6 Å². The smallest absolute Gasteiger partial charge is 0.340 e. The molecule has 356 valence electrons. The Morgan fingerprint density at radius 2 is 1.68 bits per heavy atom. The Morgan fingerprint density at radius 1 is 0.824 bits per heavy atom. The van der Waals surface area contributed by atoms with Crippen molar-refractivity contribution in [2.24, 2.45) is 46.3 Å². The number of carbonyl (C=O) groups is 2. The molecule has 8 nitrogen and oxygen atoms in total. The summed E-state index contributed by atoms with van der Waals surface area (Å²) < 4.78 is 13.5. The lowest BCUT2D eigenvalue weighted by Gasteiger charge is -2.56. The molecule has 9 unspecified atom stereocenters. The third-order valence-electron chi connectivity index (χ3n) is 19.3. The van der Waals surface area contributed by atoms with Crippen molar-refractivity contribution in [3.63, 3.8) is 0 Å². The summed E-state index contributed by atoms with van der Waals surface area (Å²) in [4.78, 5) is 30.2. The molecule has 4 saturated carbocycles. The van der Waals surface area contributed by atoms with Crippen LogP contribution in [0.4, 0.5) is 0 Å². The van der Waals surface area contributed by atoms with Gasteiger partial charge in [-0.15, -0.1) is 0 Å². The van der Waals surface area contributed by atoms with Crippen LogP contribution < -0.4 is 16.0 Å².